The van der Waals surface area contributed by atoms with Crippen molar-refractivity contribution < 1.29 is 0 Å². The van der Waals surface area contributed by atoms with Crippen molar-refractivity contribution in [3.05, 3.63) is 30.1 Å². The van der Waals surface area contributed by atoms with Gasteiger partial charge in [0.1, 0.15) is 0 Å². The van der Waals surface area contributed by atoms with Crippen LogP contribution in [0.5, 0.6) is 0 Å². The van der Waals surface area contributed by atoms with E-state index in [1.807, 2.05) is 12.4 Å². The summed E-state index contributed by atoms with van der Waals surface area (Å²) in [4.78, 5) is 4.10. The Morgan fingerprint density at radius 2 is 1.76 bits per heavy atom. The Kier molecular flexibility index (Phi) is 6.20. The van der Waals surface area contributed by atoms with Gasteiger partial charge in [0.2, 0.25) is 0 Å². The topological polar surface area (TPSA) is 24.9 Å². The van der Waals surface area contributed by atoms with Crippen LogP contribution in [0.3, 0.4) is 0 Å². The van der Waals surface area contributed by atoms with Crippen LogP contribution < -0.4 is 5.32 Å². The number of nitrogens with zero attached hydrogens (tertiary/aromatic N) is 1. The Balaban J connectivity index is 2.61. The van der Waals surface area contributed by atoms with Crippen LogP contribution in [-0.2, 0) is 0 Å². The molecule has 2 heteroatoms. The average Bonchev–Trinajstić information content (AvgIpc) is 2.34. The summed E-state index contributed by atoms with van der Waals surface area (Å²) >= 11 is 0. The molecular weight excluding hydrogens is 208 g/mol. The molecule has 17 heavy (non-hydrogen) atoms. The average molecular weight is 234 g/mol. The van der Waals surface area contributed by atoms with Crippen LogP contribution in [-0.4, -0.2) is 18.1 Å². The minimum atomic E-state index is 0.599. The molecule has 0 aromatic carbocycles. The van der Waals surface area contributed by atoms with Gasteiger partial charge in [0.25, 0.3) is 0 Å². The molecule has 0 aliphatic rings. The van der Waals surface area contributed by atoms with Crippen molar-refractivity contribution in [2.24, 2.45) is 11.8 Å². The van der Waals surface area contributed by atoms with Gasteiger partial charge in [-0.15, -0.1) is 0 Å². The fourth-order valence-electron chi connectivity index (χ4n) is 2.07. The zero-order valence-corrected chi connectivity index (χ0v) is 11.6. The molecule has 0 bridgehead atoms. The van der Waals surface area contributed by atoms with E-state index in [0.717, 1.165) is 13.1 Å². The first-order chi connectivity index (χ1) is 8.15. The van der Waals surface area contributed by atoms with E-state index in [0.29, 0.717) is 17.8 Å². The largest absolute Gasteiger partial charge is 0.316 e. The molecule has 0 fully saturated rings. The Hall–Kier alpha value is -0.890. The Morgan fingerprint density at radius 1 is 1.12 bits per heavy atom. The first-order valence-electron chi connectivity index (χ1n) is 6.75. The number of nitrogens with one attached hydrogen (secondary N) is 1. The van der Waals surface area contributed by atoms with Crippen molar-refractivity contribution in [1.29, 1.82) is 0 Å². The highest BCUT2D eigenvalue weighted by Gasteiger charge is 2.17. The summed E-state index contributed by atoms with van der Waals surface area (Å²) in [5, 5.41) is 3.58. The number of hydrogen-bond acceptors (Lipinski definition) is 2. The molecule has 1 heterocycles. The second-order valence-electron chi connectivity index (χ2n) is 5.32. The molecule has 1 aromatic heterocycles. The summed E-state index contributed by atoms with van der Waals surface area (Å²) in [7, 11) is 0. The fourth-order valence-corrected chi connectivity index (χ4v) is 2.07. The van der Waals surface area contributed by atoms with Crippen LogP contribution in [0.2, 0.25) is 0 Å². The van der Waals surface area contributed by atoms with Gasteiger partial charge >= 0.3 is 0 Å². The van der Waals surface area contributed by atoms with Gasteiger partial charge in [0.15, 0.2) is 0 Å². The standard InChI is InChI=1S/C15H26N2/c1-5-13(4)15(11-17-10-12(2)3)14-6-8-16-9-7-14/h6-9,12-13,15,17H,5,10-11H2,1-4H3. The first kappa shape index (κ1) is 14.2. The molecule has 0 aliphatic carbocycles. The lowest BCUT2D eigenvalue weighted by Gasteiger charge is -2.24. The van der Waals surface area contributed by atoms with E-state index in [1.165, 1.54) is 12.0 Å². The third-order valence-electron chi connectivity index (χ3n) is 3.38. The predicted octanol–water partition coefficient (Wildman–Crippen LogP) is 3.46. The highest BCUT2D eigenvalue weighted by Crippen LogP contribution is 2.25. The SMILES string of the molecule is CCC(C)C(CNCC(C)C)c1ccncc1. The lowest BCUT2D eigenvalue weighted by atomic mass is 9.86. The van der Waals surface area contributed by atoms with Gasteiger partial charge < -0.3 is 5.32 Å². The lowest BCUT2D eigenvalue weighted by Crippen LogP contribution is -2.28. The van der Waals surface area contributed by atoms with E-state index in [2.05, 4.69) is 50.1 Å². The van der Waals surface area contributed by atoms with Gasteiger partial charge in [-0.3, -0.25) is 4.98 Å². The summed E-state index contributed by atoms with van der Waals surface area (Å²) in [6, 6.07) is 4.29. The van der Waals surface area contributed by atoms with E-state index in [9.17, 15) is 0 Å². The molecule has 0 aliphatic heterocycles. The third kappa shape index (κ3) is 4.86. The maximum Gasteiger partial charge on any atom is 0.0270 e. The molecule has 0 saturated heterocycles. The number of pyridine rings is 1. The van der Waals surface area contributed by atoms with Gasteiger partial charge in [-0.05, 0) is 42.0 Å². The van der Waals surface area contributed by atoms with E-state index < -0.39 is 0 Å². The number of aromatic nitrogens is 1. The molecule has 1 rings (SSSR count). The van der Waals surface area contributed by atoms with E-state index in [4.69, 9.17) is 0 Å². The second kappa shape index (κ2) is 7.44. The zero-order valence-electron chi connectivity index (χ0n) is 11.6. The number of rotatable bonds is 7. The van der Waals surface area contributed by atoms with Crippen LogP contribution in [0.15, 0.2) is 24.5 Å². The number of hydrogen-bond donors (Lipinski definition) is 1. The summed E-state index contributed by atoms with van der Waals surface area (Å²) in [5.74, 6) is 2.02. The Labute approximate surface area is 106 Å². The molecule has 0 amide bonds. The van der Waals surface area contributed by atoms with Crippen LogP contribution >= 0.6 is 0 Å². The summed E-state index contributed by atoms with van der Waals surface area (Å²) in [6.45, 7) is 11.3. The molecule has 2 nitrogen and oxygen atoms in total. The van der Waals surface area contributed by atoms with Gasteiger partial charge in [0.05, 0.1) is 0 Å². The lowest BCUT2D eigenvalue weighted by molar-refractivity contribution is 0.409. The Morgan fingerprint density at radius 3 is 2.29 bits per heavy atom. The normalized spacial score (nSPS) is 14.9. The maximum absolute atomic E-state index is 4.10. The first-order valence-corrected chi connectivity index (χ1v) is 6.75. The van der Waals surface area contributed by atoms with Crippen molar-refractivity contribution in [2.45, 2.75) is 40.0 Å². The molecule has 0 radical (unpaired) electrons. The molecule has 2 unspecified atom stereocenters. The van der Waals surface area contributed by atoms with Crippen molar-refractivity contribution in [1.82, 2.24) is 10.3 Å². The van der Waals surface area contributed by atoms with E-state index in [1.54, 1.807) is 0 Å². The third-order valence-corrected chi connectivity index (χ3v) is 3.38. The quantitative estimate of drug-likeness (QED) is 0.781. The van der Waals surface area contributed by atoms with Crippen LogP contribution in [0.25, 0.3) is 0 Å². The van der Waals surface area contributed by atoms with Crippen LogP contribution in [0.4, 0.5) is 0 Å². The second-order valence-corrected chi connectivity index (χ2v) is 5.32. The molecule has 1 aromatic rings. The minimum Gasteiger partial charge on any atom is -0.316 e. The monoisotopic (exact) mass is 234 g/mol. The van der Waals surface area contributed by atoms with Crippen molar-refractivity contribution in [3.63, 3.8) is 0 Å². The van der Waals surface area contributed by atoms with Gasteiger partial charge in [-0.2, -0.15) is 0 Å². The van der Waals surface area contributed by atoms with Gasteiger partial charge in [0, 0.05) is 18.9 Å². The van der Waals surface area contributed by atoms with E-state index >= 15 is 0 Å². The maximum atomic E-state index is 4.10. The van der Waals surface area contributed by atoms with Crippen LogP contribution in [0.1, 0.15) is 45.6 Å². The molecule has 0 spiro atoms. The van der Waals surface area contributed by atoms with Crippen molar-refractivity contribution >= 4 is 0 Å². The molecular formula is C15H26N2. The van der Waals surface area contributed by atoms with Crippen LogP contribution in [0, 0.1) is 11.8 Å². The summed E-state index contributed by atoms with van der Waals surface area (Å²) < 4.78 is 0. The molecule has 0 saturated carbocycles. The summed E-state index contributed by atoms with van der Waals surface area (Å²) in [6.07, 6.45) is 5.01. The predicted molar refractivity (Wildman–Crippen MR) is 74.1 cm³/mol. The van der Waals surface area contributed by atoms with Crippen molar-refractivity contribution in [2.75, 3.05) is 13.1 Å². The Bertz CT molecular complexity index is 295. The smallest absolute Gasteiger partial charge is 0.0270 e. The minimum absolute atomic E-state index is 0.599. The van der Waals surface area contributed by atoms with E-state index in [-0.39, 0.29) is 0 Å². The zero-order chi connectivity index (χ0) is 12.7. The molecule has 96 valence electrons. The van der Waals surface area contributed by atoms with Gasteiger partial charge in [-0.25, -0.2) is 0 Å². The highest BCUT2D eigenvalue weighted by atomic mass is 14.9. The fraction of sp³-hybridized carbons (Fsp3) is 0.667. The molecule has 1 N–H and O–H groups in total. The van der Waals surface area contributed by atoms with Crippen molar-refractivity contribution in [3.8, 4) is 0 Å². The molecule has 2 atom stereocenters. The van der Waals surface area contributed by atoms with Gasteiger partial charge in [-0.1, -0.05) is 34.1 Å². The summed E-state index contributed by atoms with van der Waals surface area (Å²) in [5.41, 5.74) is 1.41. The highest BCUT2D eigenvalue weighted by molar-refractivity contribution is 5.17.